The Morgan fingerprint density at radius 2 is 2.00 bits per heavy atom. The van der Waals surface area contributed by atoms with Crippen LogP contribution in [-0.4, -0.2) is 23.4 Å². The summed E-state index contributed by atoms with van der Waals surface area (Å²) in [5.41, 5.74) is 0.887. The molecule has 0 aliphatic carbocycles. The molecule has 0 amide bonds. The van der Waals surface area contributed by atoms with Crippen LogP contribution < -0.4 is 21.0 Å². The first-order valence-electron chi connectivity index (χ1n) is 8.15. The van der Waals surface area contributed by atoms with E-state index in [1.54, 1.807) is 6.92 Å². The van der Waals surface area contributed by atoms with Gasteiger partial charge in [0.15, 0.2) is 0 Å². The highest BCUT2D eigenvalue weighted by Crippen LogP contribution is 2.30. The minimum atomic E-state index is -4.38. The van der Waals surface area contributed by atoms with Gasteiger partial charge in [-0.05, 0) is 24.6 Å². The van der Waals surface area contributed by atoms with Crippen LogP contribution in [0.1, 0.15) is 35.3 Å². The van der Waals surface area contributed by atoms with E-state index in [9.17, 15) is 18.0 Å². The zero-order valence-corrected chi connectivity index (χ0v) is 14.4. The molecule has 1 aromatic heterocycles. The molecule has 0 radical (unpaired) electrons. The summed E-state index contributed by atoms with van der Waals surface area (Å²) in [6.45, 7) is 2.93. The summed E-state index contributed by atoms with van der Waals surface area (Å²) in [5, 5.41) is 6.17. The van der Waals surface area contributed by atoms with Crippen molar-refractivity contribution in [1.82, 2.24) is 15.0 Å². The number of nitrogens with one attached hydrogen (secondary N) is 2. The Morgan fingerprint density at radius 3 is 2.62 bits per heavy atom. The molecule has 140 valence electrons. The molecule has 0 fully saturated rings. The van der Waals surface area contributed by atoms with Crippen molar-refractivity contribution in [2.75, 3.05) is 19.0 Å². The van der Waals surface area contributed by atoms with Gasteiger partial charge in [-0.1, -0.05) is 12.1 Å². The summed E-state index contributed by atoms with van der Waals surface area (Å²) < 4.78 is 39.1. The molecule has 0 saturated heterocycles. The Bertz CT molecular complexity index is 847. The zero-order valence-electron chi connectivity index (χ0n) is 14.4. The van der Waals surface area contributed by atoms with Crippen LogP contribution in [0.15, 0.2) is 29.1 Å². The Labute approximate surface area is 148 Å². The zero-order chi connectivity index (χ0) is 18.9. The van der Waals surface area contributed by atoms with Crippen LogP contribution in [0.2, 0.25) is 0 Å². The maximum Gasteiger partial charge on any atom is 0.416 e. The molecule has 2 heterocycles. The lowest BCUT2D eigenvalue weighted by atomic mass is 10.1. The first-order chi connectivity index (χ1) is 12.3. The van der Waals surface area contributed by atoms with Gasteiger partial charge in [0.05, 0.1) is 22.9 Å². The van der Waals surface area contributed by atoms with E-state index in [-0.39, 0.29) is 17.5 Å². The highest BCUT2D eigenvalue weighted by molar-refractivity contribution is 5.37. The number of aromatic nitrogens is 2. The molecule has 1 unspecified atom stereocenters. The lowest BCUT2D eigenvalue weighted by Gasteiger charge is -2.22. The average Bonchev–Trinajstić information content (AvgIpc) is 2.61. The summed E-state index contributed by atoms with van der Waals surface area (Å²) >= 11 is 0. The third-order valence-corrected chi connectivity index (χ3v) is 4.33. The molecule has 9 heteroatoms. The van der Waals surface area contributed by atoms with Crippen molar-refractivity contribution in [2.24, 2.45) is 0 Å². The van der Waals surface area contributed by atoms with Gasteiger partial charge in [0.25, 0.3) is 5.56 Å². The van der Waals surface area contributed by atoms with E-state index in [4.69, 9.17) is 4.84 Å². The topological polar surface area (TPSA) is 68.2 Å². The number of nitrogens with zero attached hydrogens (tertiary/aromatic N) is 2. The molecular weight excluding hydrogens is 349 g/mol. The lowest BCUT2D eigenvalue weighted by molar-refractivity contribution is -0.137. The van der Waals surface area contributed by atoms with Crippen molar-refractivity contribution in [3.8, 4) is 0 Å². The third kappa shape index (κ3) is 3.52. The monoisotopic (exact) mass is 368 g/mol. The van der Waals surface area contributed by atoms with Crippen molar-refractivity contribution >= 4 is 5.95 Å². The minimum absolute atomic E-state index is 0.227. The number of anilines is 1. The Hall–Kier alpha value is -2.55. The van der Waals surface area contributed by atoms with Crippen molar-refractivity contribution < 1.29 is 18.0 Å². The third-order valence-electron chi connectivity index (χ3n) is 4.33. The van der Waals surface area contributed by atoms with Gasteiger partial charge in [0, 0.05) is 19.5 Å². The summed E-state index contributed by atoms with van der Waals surface area (Å²) in [6.07, 6.45) is -3.75. The number of hydrogen-bond acceptors (Lipinski definition) is 5. The second kappa shape index (κ2) is 6.99. The molecule has 0 spiro atoms. The van der Waals surface area contributed by atoms with E-state index >= 15 is 0 Å². The molecule has 1 aliphatic rings. The average molecular weight is 368 g/mol. The smallest absolute Gasteiger partial charge is 0.411 e. The predicted molar refractivity (Wildman–Crippen MR) is 89.9 cm³/mol. The largest absolute Gasteiger partial charge is 0.416 e. The summed E-state index contributed by atoms with van der Waals surface area (Å²) in [7, 11) is 1.36. The van der Waals surface area contributed by atoms with E-state index in [2.05, 4.69) is 15.6 Å². The molecule has 1 aliphatic heterocycles. The summed E-state index contributed by atoms with van der Waals surface area (Å²) in [4.78, 5) is 22.2. The molecule has 2 aromatic rings. The Balaban J connectivity index is 1.88. The maximum atomic E-state index is 12.7. The number of fused-ring (bicyclic) bond motifs is 1. The fourth-order valence-electron chi connectivity index (χ4n) is 2.89. The van der Waals surface area contributed by atoms with E-state index in [1.165, 1.54) is 19.2 Å². The van der Waals surface area contributed by atoms with Gasteiger partial charge in [0.2, 0.25) is 5.95 Å². The van der Waals surface area contributed by atoms with Crippen LogP contribution >= 0.6 is 0 Å². The van der Waals surface area contributed by atoms with Gasteiger partial charge in [0.1, 0.15) is 7.11 Å². The van der Waals surface area contributed by atoms with Crippen LogP contribution in [0.5, 0.6) is 0 Å². The fourth-order valence-corrected chi connectivity index (χ4v) is 2.89. The van der Waals surface area contributed by atoms with E-state index < -0.39 is 11.7 Å². The predicted octanol–water partition coefficient (Wildman–Crippen LogP) is 2.14. The molecule has 0 saturated carbocycles. The number of benzene rings is 1. The van der Waals surface area contributed by atoms with Gasteiger partial charge < -0.3 is 15.5 Å². The van der Waals surface area contributed by atoms with E-state index in [1.807, 2.05) is 0 Å². The number of alkyl halides is 3. The van der Waals surface area contributed by atoms with Crippen LogP contribution in [0.4, 0.5) is 19.1 Å². The molecule has 26 heavy (non-hydrogen) atoms. The van der Waals surface area contributed by atoms with Crippen molar-refractivity contribution in [1.29, 1.82) is 0 Å². The number of rotatable bonds is 4. The van der Waals surface area contributed by atoms with Gasteiger partial charge in [-0.25, -0.2) is 4.98 Å². The van der Waals surface area contributed by atoms with Gasteiger partial charge >= 0.3 is 6.18 Å². The highest BCUT2D eigenvalue weighted by atomic mass is 19.4. The summed E-state index contributed by atoms with van der Waals surface area (Å²) in [6, 6.07) is 4.49. The van der Waals surface area contributed by atoms with Crippen LogP contribution in [-0.2, 0) is 19.1 Å². The van der Waals surface area contributed by atoms with Gasteiger partial charge in [-0.3, -0.25) is 4.79 Å². The molecular formula is C17H19F3N4O2. The maximum absolute atomic E-state index is 12.7. The van der Waals surface area contributed by atoms with Crippen molar-refractivity contribution in [2.45, 2.75) is 32.1 Å². The van der Waals surface area contributed by atoms with Crippen LogP contribution in [0, 0.1) is 0 Å². The molecule has 1 atom stereocenters. The quantitative estimate of drug-likeness (QED) is 0.866. The summed E-state index contributed by atoms with van der Waals surface area (Å²) in [5.74, 6) is 0.227. The van der Waals surface area contributed by atoms with Crippen LogP contribution in [0.3, 0.4) is 0 Å². The first kappa shape index (κ1) is 18.2. The molecule has 0 bridgehead atoms. The second-order valence-electron chi connectivity index (χ2n) is 6.06. The number of hydrogen-bond donors (Lipinski definition) is 2. The second-order valence-corrected chi connectivity index (χ2v) is 6.06. The van der Waals surface area contributed by atoms with E-state index in [0.29, 0.717) is 29.8 Å². The van der Waals surface area contributed by atoms with Crippen molar-refractivity contribution in [3.63, 3.8) is 0 Å². The Kier molecular flexibility index (Phi) is 4.90. The molecule has 2 N–H and O–H groups in total. The normalized spacial score (nSPS) is 15.3. The Morgan fingerprint density at radius 1 is 1.31 bits per heavy atom. The van der Waals surface area contributed by atoms with Gasteiger partial charge in [-0.15, -0.1) is 4.73 Å². The molecule has 6 nitrogen and oxygen atoms in total. The van der Waals surface area contributed by atoms with Crippen LogP contribution in [0.25, 0.3) is 0 Å². The highest BCUT2D eigenvalue weighted by Gasteiger charge is 2.30. The first-order valence-corrected chi connectivity index (χ1v) is 8.15. The lowest BCUT2D eigenvalue weighted by Crippen LogP contribution is -2.38. The van der Waals surface area contributed by atoms with Crippen molar-refractivity contribution in [3.05, 3.63) is 57.0 Å². The molecule has 3 rings (SSSR count). The fraction of sp³-hybridized carbons (Fsp3) is 0.412. The van der Waals surface area contributed by atoms with Gasteiger partial charge in [-0.2, -0.15) is 13.2 Å². The SMILES string of the molecule is COn1c(NC(C)c2ccc(C(F)(F)F)cc2)nc2c(c1=O)CNCC2. The number of halogens is 3. The van der Waals surface area contributed by atoms with E-state index in [0.717, 1.165) is 23.4 Å². The molecule has 1 aromatic carbocycles. The standard InChI is InChI=1S/C17H19F3N4O2/c1-10(11-3-5-12(6-4-11)17(18,19)20)22-16-23-14-7-8-21-9-13(14)15(25)24(16)26-2/h3-6,10,21H,7-9H2,1-2H3,(H,22,23). The minimum Gasteiger partial charge on any atom is -0.411 e.